The van der Waals surface area contributed by atoms with Crippen LogP contribution in [-0.2, 0) is 27.3 Å². The summed E-state index contributed by atoms with van der Waals surface area (Å²) >= 11 is 3.58. The van der Waals surface area contributed by atoms with Gasteiger partial charge in [-0.2, -0.15) is 0 Å². The molecule has 2 aliphatic rings. The van der Waals surface area contributed by atoms with Gasteiger partial charge in [0.25, 0.3) is 0 Å². The lowest BCUT2D eigenvalue weighted by Crippen LogP contribution is -2.26. The SMILES string of the molecule is COCC1C(=O)O[C@H]2c3c(C)c(OCc4ccccc4Br)cc(C)c3CCC12. The van der Waals surface area contributed by atoms with Gasteiger partial charge in [0.15, 0.2) is 0 Å². The summed E-state index contributed by atoms with van der Waals surface area (Å²) in [5, 5.41) is 0. The monoisotopic (exact) mass is 444 g/mol. The third-order valence-electron chi connectivity index (χ3n) is 6.07. The van der Waals surface area contributed by atoms with E-state index in [1.807, 2.05) is 18.2 Å². The second-order valence-corrected chi connectivity index (χ2v) is 8.57. The quantitative estimate of drug-likeness (QED) is 0.603. The Hall–Kier alpha value is -1.85. The second-order valence-electron chi connectivity index (χ2n) is 7.71. The third-order valence-corrected chi connectivity index (χ3v) is 6.85. The first-order valence-corrected chi connectivity index (χ1v) is 10.5. The molecule has 1 saturated heterocycles. The minimum Gasteiger partial charge on any atom is -0.489 e. The number of halogens is 1. The van der Waals surface area contributed by atoms with E-state index in [-0.39, 0.29) is 23.9 Å². The van der Waals surface area contributed by atoms with Crippen molar-refractivity contribution in [2.24, 2.45) is 11.8 Å². The molecule has 3 atom stereocenters. The average Bonchev–Trinajstić information content (AvgIpc) is 3.00. The van der Waals surface area contributed by atoms with E-state index in [9.17, 15) is 4.79 Å². The van der Waals surface area contributed by atoms with E-state index in [0.29, 0.717) is 13.2 Å². The molecule has 1 fully saturated rings. The number of hydrogen-bond acceptors (Lipinski definition) is 4. The predicted molar refractivity (Wildman–Crippen MR) is 110 cm³/mol. The summed E-state index contributed by atoms with van der Waals surface area (Å²) in [5.74, 6) is 0.726. The molecule has 0 amide bonds. The van der Waals surface area contributed by atoms with E-state index < -0.39 is 0 Å². The molecule has 4 nitrogen and oxygen atoms in total. The Balaban J connectivity index is 1.66. The van der Waals surface area contributed by atoms with Gasteiger partial charge in [0.1, 0.15) is 18.5 Å². The molecule has 5 heteroatoms. The number of rotatable bonds is 5. The highest BCUT2D eigenvalue weighted by Gasteiger charge is 2.48. The molecule has 1 aliphatic carbocycles. The zero-order valence-electron chi connectivity index (χ0n) is 16.5. The Morgan fingerprint density at radius 3 is 2.79 bits per heavy atom. The van der Waals surface area contributed by atoms with Crippen molar-refractivity contribution in [2.45, 2.75) is 39.4 Å². The number of carbonyl (C=O) groups is 1. The molecule has 0 saturated carbocycles. The van der Waals surface area contributed by atoms with Gasteiger partial charge in [-0.3, -0.25) is 4.79 Å². The van der Waals surface area contributed by atoms with Crippen molar-refractivity contribution in [1.29, 1.82) is 0 Å². The summed E-state index contributed by atoms with van der Waals surface area (Å²) in [6.45, 7) is 5.10. The Kier molecular flexibility index (Phi) is 5.48. The fraction of sp³-hybridized carbons (Fsp3) is 0.435. The number of aryl methyl sites for hydroxylation is 1. The standard InChI is InChI=1S/C23H25BrO4/c1-13-10-20(27-11-15-6-4-5-7-19(15)24)14(2)21-16(13)8-9-17-18(12-26-3)23(25)28-22(17)21/h4-7,10,17-18,22H,8-9,11-12H2,1-3H3/t17?,18?,22-/m1/s1. The molecule has 28 heavy (non-hydrogen) atoms. The van der Waals surface area contributed by atoms with E-state index >= 15 is 0 Å². The molecule has 0 bridgehead atoms. The summed E-state index contributed by atoms with van der Waals surface area (Å²) in [4.78, 5) is 12.4. The maximum absolute atomic E-state index is 12.4. The number of hydrogen-bond donors (Lipinski definition) is 0. The van der Waals surface area contributed by atoms with E-state index in [2.05, 4.69) is 41.9 Å². The zero-order valence-corrected chi connectivity index (χ0v) is 18.0. The lowest BCUT2D eigenvalue weighted by Gasteiger charge is -2.31. The van der Waals surface area contributed by atoms with Crippen LogP contribution in [0, 0.1) is 25.7 Å². The van der Waals surface area contributed by atoms with Crippen LogP contribution in [0.1, 0.15) is 40.3 Å². The first-order valence-electron chi connectivity index (χ1n) is 9.69. The molecule has 148 valence electrons. The van der Waals surface area contributed by atoms with E-state index in [1.165, 1.54) is 11.1 Å². The summed E-state index contributed by atoms with van der Waals surface area (Å²) in [5.41, 5.74) is 5.83. The lowest BCUT2D eigenvalue weighted by atomic mass is 9.74. The highest BCUT2D eigenvalue weighted by Crippen LogP contribution is 2.50. The fourth-order valence-corrected chi connectivity index (χ4v) is 4.99. The Morgan fingerprint density at radius 1 is 1.25 bits per heavy atom. The number of benzene rings is 2. The van der Waals surface area contributed by atoms with Crippen molar-refractivity contribution in [3.8, 4) is 5.75 Å². The summed E-state index contributed by atoms with van der Waals surface area (Å²) in [6.07, 6.45) is 1.72. The van der Waals surface area contributed by atoms with Crippen molar-refractivity contribution in [1.82, 2.24) is 0 Å². The van der Waals surface area contributed by atoms with Gasteiger partial charge >= 0.3 is 5.97 Å². The first-order chi connectivity index (χ1) is 13.5. The smallest absolute Gasteiger partial charge is 0.312 e. The molecule has 2 aromatic rings. The predicted octanol–water partition coefficient (Wildman–Crippen LogP) is 5.07. The highest BCUT2D eigenvalue weighted by molar-refractivity contribution is 9.10. The number of fused-ring (bicyclic) bond motifs is 3. The highest BCUT2D eigenvalue weighted by atomic mass is 79.9. The minimum absolute atomic E-state index is 0.138. The minimum atomic E-state index is -0.192. The summed E-state index contributed by atoms with van der Waals surface area (Å²) in [6, 6.07) is 10.2. The van der Waals surface area contributed by atoms with E-state index in [1.54, 1.807) is 7.11 Å². The topological polar surface area (TPSA) is 44.8 Å². The molecule has 2 unspecified atom stereocenters. The van der Waals surface area contributed by atoms with E-state index in [0.717, 1.165) is 39.8 Å². The second kappa shape index (κ2) is 7.88. The van der Waals surface area contributed by atoms with Crippen molar-refractivity contribution in [2.75, 3.05) is 13.7 Å². The Morgan fingerprint density at radius 2 is 2.04 bits per heavy atom. The normalized spacial score (nSPS) is 23.1. The molecule has 1 heterocycles. The molecular formula is C23H25BrO4. The van der Waals surface area contributed by atoms with Gasteiger partial charge in [-0.05, 0) is 55.5 Å². The van der Waals surface area contributed by atoms with Gasteiger partial charge < -0.3 is 14.2 Å². The molecule has 0 spiro atoms. The number of ether oxygens (including phenoxy) is 3. The van der Waals surface area contributed by atoms with Gasteiger partial charge in [0, 0.05) is 28.6 Å². The molecule has 0 aromatic heterocycles. The van der Waals surface area contributed by atoms with Crippen molar-refractivity contribution in [3.05, 3.63) is 62.6 Å². The molecule has 0 N–H and O–H groups in total. The van der Waals surface area contributed by atoms with Crippen LogP contribution >= 0.6 is 15.9 Å². The van der Waals surface area contributed by atoms with Crippen molar-refractivity contribution in [3.63, 3.8) is 0 Å². The Labute approximate surface area is 174 Å². The van der Waals surface area contributed by atoms with E-state index in [4.69, 9.17) is 14.2 Å². The molecule has 4 rings (SSSR count). The summed E-state index contributed by atoms with van der Waals surface area (Å²) < 4.78 is 18.4. The average molecular weight is 445 g/mol. The van der Waals surface area contributed by atoms with Gasteiger partial charge in [0.2, 0.25) is 0 Å². The van der Waals surface area contributed by atoms with Gasteiger partial charge in [0.05, 0.1) is 12.5 Å². The van der Waals surface area contributed by atoms with Crippen molar-refractivity contribution < 1.29 is 19.0 Å². The van der Waals surface area contributed by atoms with Crippen LogP contribution in [0.5, 0.6) is 5.75 Å². The van der Waals surface area contributed by atoms with Crippen LogP contribution in [0.3, 0.4) is 0 Å². The Bertz CT molecular complexity index is 908. The number of esters is 1. The van der Waals surface area contributed by atoms with Crippen molar-refractivity contribution >= 4 is 21.9 Å². The molecule has 2 aromatic carbocycles. The van der Waals surface area contributed by atoms with Crippen LogP contribution in [0.2, 0.25) is 0 Å². The van der Waals surface area contributed by atoms with Gasteiger partial charge in [-0.15, -0.1) is 0 Å². The number of methoxy groups -OCH3 is 1. The summed E-state index contributed by atoms with van der Waals surface area (Å²) in [7, 11) is 1.64. The maximum Gasteiger partial charge on any atom is 0.312 e. The molecular weight excluding hydrogens is 420 g/mol. The van der Waals surface area contributed by atoms with Gasteiger partial charge in [-0.25, -0.2) is 0 Å². The zero-order chi connectivity index (χ0) is 19.8. The maximum atomic E-state index is 12.4. The third kappa shape index (κ3) is 3.35. The van der Waals surface area contributed by atoms with Crippen LogP contribution in [-0.4, -0.2) is 19.7 Å². The lowest BCUT2D eigenvalue weighted by molar-refractivity contribution is -0.145. The van der Waals surface area contributed by atoms with Crippen LogP contribution in [0.4, 0.5) is 0 Å². The largest absolute Gasteiger partial charge is 0.489 e. The first kappa shape index (κ1) is 19.5. The molecule has 1 aliphatic heterocycles. The van der Waals surface area contributed by atoms with Crippen LogP contribution < -0.4 is 4.74 Å². The van der Waals surface area contributed by atoms with Gasteiger partial charge in [-0.1, -0.05) is 34.1 Å². The molecule has 0 radical (unpaired) electrons. The fourth-order valence-electron chi connectivity index (χ4n) is 4.59. The van der Waals surface area contributed by atoms with Crippen LogP contribution in [0.25, 0.3) is 0 Å². The number of carbonyl (C=O) groups excluding carboxylic acids is 1. The van der Waals surface area contributed by atoms with Crippen LogP contribution in [0.15, 0.2) is 34.8 Å².